The summed E-state index contributed by atoms with van der Waals surface area (Å²) in [5.41, 5.74) is 0.179. The molecule has 1 unspecified atom stereocenters. The number of fused-ring (bicyclic) bond motifs is 12. The molecule has 0 amide bonds. The van der Waals surface area contributed by atoms with Crippen LogP contribution in [0.25, 0.3) is 0 Å². The van der Waals surface area contributed by atoms with E-state index in [-0.39, 0.29) is 28.5 Å². The zero-order chi connectivity index (χ0) is 27.3. The second kappa shape index (κ2) is 9.15. The van der Waals surface area contributed by atoms with Crippen molar-refractivity contribution in [1.82, 2.24) is 4.90 Å². The van der Waals surface area contributed by atoms with E-state index in [1.807, 2.05) is 0 Å². The largest absolute Gasteiger partial charge is 0.458 e. The van der Waals surface area contributed by atoms with E-state index in [2.05, 4.69) is 39.5 Å². The molecule has 1 heterocycles. The van der Waals surface area contributed by atoms with Crippen molar-refractivity contribution >= 4 is 16.4 Å². The van der Waals surface area contributed by atoms with Gasteiger partial charge in [-0.15, -0.1) is 0 Å². The maximum absolute atomic E-state index is 12.2. The summed E-state index contributed by atoms with van der Waals surface area (Å²) in [7, 11) is -4.39. The van der Waals surface area contributed by atoms with Crippen molar-refractivity contribution in [1.29, 1.82) is 0 Å². The van der Waals surface area contributed by atoms with Crippen LogP contribution in [0.3, 0.4) is 0 Å². The molecule has 38 heavy (non-hydrogen) atoms. The minimum Gasteiger partial charge on any atom is -0.458 e. The van der Waals surface area contributed by atoms with E-state index in [4.69, 9.17) is 8.92 Å². The maximum Gasteiger partial charge on any atom is 0.397 e. The molecule has 6 aliphatic carbocycles. The Morgan fingerprint density at radius 3 is 2.21 bits per heavy atom. The lowest BCUT2D eigenvalue weighted by Gasteiger charge is -2.62. The van der Waals surface area contributed by atoms with Gasteiger partial charge in [0.1, 0.15) is 5.60 Å². The first-order valence-corrected chi connectivity index (χ1v) is 16.9. The molecule has 1 aliphatic heterocycles. The zero-order valence-corrected chi connectivity index (χ0v) is 24.8. The number of hydrogen-bond donors (Lipinski definition) is 1. The van der Waals surface area contributed by atoms with Gasteiger partial charge in [-0.2, -0.15) is 8.42 Å². The van der Waals surface area contributed by atoms with Crippen LogP contribution < -0.4 is 0 Å². The molecule has 0 aromatic carbocycles. The Kier molecular flexibility index (Phi) is 6.62. The van der Waals surface area contributed by atoms with Gasteiger partial charge in [-0.1, -0.05) is 34.6 Å². The summed E-state index contributed by atoms with van der Waals surface area (Å²) in [6.45, 7) is 15.1. The Morgan fingerprint density at radius 2 is 1.63 bits per heavy atom. The second-order valence-corrected chi connectivity index (χ2v) is 15.3. The van der Waals surface area contributed by atoms with Gasteiger partial charge in [0.2, 0.25) is 0 Å². The molecule has 1 spiro atoms. The standard InChI is InChI=1S/C24H34O6S.C6H15N/c1-22-6-3-12(30-31(26,27)28)9-17(22)13-10-14(13)20-16(22)4-7-23(2)21(20)15-11-18(15)24(23)8-5-19(25)29-24;1-4-7(5-2)6-3/h12-18,20-21H,3-11H2,1-2H3,(H,26,27,28);4-6H2,1-3H3/t12?,13-,14+,15-,16+,17+,18+,20-,21+,22-,23+,24+;/m1./s1. The third-order valence-electron chi connectivity index (χ3n) is 13.2. The van der Waals surface area contributed by atoms with Crippen LogP contribution in [0.15, 0.2) is 0 Å². The quantitative estimate of drug-likeness (QED) is 0.364. The normalized spacial score (nSPS) is 51.7. The SMILES string of the molecule is CCN(CC)CC.C[C@]12CCC(OS(=O)(=O)O)C[C@H]1[C@@H]1C[C@@H]1[C@H]1[C@@H]3[C@@H]4C[C@@H]4[C@@]4(CCC(=O)O4)[C@@]3(C)CC[C@@H]12. The van der Waals surface area contributed by atoms with Crippen LogP contribution in [-0.2, 0) is 24.1 Å². The van der Waals surface area contributed by atoms with Gasteiger partial charge in [-0.05, 0) is 118 Å². The van der Waals surface area contributed by atoms with Gasteiger partial charge >= 0.3 is 16.4 Å². The van der Waals surface area contributed by atoms with Crippen molar-refractivity contribution in [3.63, 3.8) is 0 Å². The lowest BCUT2D eigenvalue weighted by atomic mass is 9.43. The topological polar surface area (TPSA) is 93.1 Å². The molecular weight excluding hydrogens is 502 g/mol. The van der Waals surface area contributed by atoms with E-state index in [9.17, 15) is 17.8 Å². The van der Waals surface area contributed by atoms with Crippen molar-refractivity contribution in [3.05, 3.63) is 0 Å². The van der Waals surface area contributed by atoms with Crippen molar-refractivity contribution in [3.8, 4) is 0 Å². The Morgan fingerprint density at radius 1 is 0.921 bits per heavy atom. The molecule has 0 aromatic heterocycles. The number of carbonyl (C=O) groups excluding carboxylic acids is 1. The average Bonchev–Trinajstić information content (AvgIpc) is 3.77. The van der Waals surface area contributed by atoms with E-state index in [0.717, 1.165) is 43.4 Å². The fourth-order valence-corrected chi connectivity index (χ4v) is 11.9. The second-order valence-electron chi connectivity index (χ2n) is 14.3. The van der Waals surface area contributed by atoms with Gasteiger partial charge in [-0.3, -0.25) is 9.35 Å². The molecule has 7 fully saturated rings. The van der Waals surface area contributed by atoms with Crippen molar-refractivity contribution < 1.29 is 26.7 Å². The zero-order valence-electron chi connectivity index (χ0n) is 24.0. The predicted octanol–water partition coefficient (Wildman–Crippen LogP) is 5.35. The monoisotopic (exact) mass is 551 g/mol. The lowest BCUT2D eigenvalue weighted by molar-refractivity contribution is -0.187. The smallest absolute Gasteiger partial charge is 0.397 e. The van der Waals surface area contributed by atoms with Crippen molar-refractivity contribution in [2.75, 3.05) is 19.6 Å². The van der Waals surface area contributed by atoms with Gasteiger partial charge in [-0.25, -0.2) is 4.18 Å². The molecular formula is C30H49NO6S. The molecule has 7 aliphatic rings. The third-order valence-corrected chi connectivity index (χ3v) is 13.7. The average molecular weight is 552 g/mol. The number of esters is 1. The number of hydrogen-bond acceptors (Lipinski definition) is 6. The Labute approximate surface area is 229 Å². The molecule has 7 rings (SSSR count). The predicted molar refractivity (Wildman–Crippen MR) is 144 cm³/mol. The van der Waals surface area contributed by atoms with Crippen LogP contribution in [0.5, 0.6) is 0 Å². The van der Waals surface area contributed by atoms with E-state index in [1.54, 1.807) is 0 Å². The fourth-order valence-electron chi connectivity index (χ4n) is 11.4. The highest BCUT2D eigenvalue weighted by Crippen LogP contribution is 2.82. The highest BCUT2D eigenvalue weighted by Gasteiger charge is 2.81. The minimum atomic E-state index is -4.39. The molecule has 8 heteroatoms. The van der Waals surface area contributed by atoms with E-state index >= 15 is 0 Å². The van der Waals surface area contributed by atoms with E-state index < -0.39 is 10.4 Å². The van der Waals surface area contributed by atoms with Crippen molar-refractivity contribution in [2.24, 2.45) is 58.2 Å². The molecule has 6 saturated carbocycles. The van der Waals surface area contributed by atoms with Crippen LogP contribution in [0.4, 0.5) is 0 Å². The highest BCUT2D eigenvalue weighted by atomic mass is 32.3. The number of carbonyl (C=O) groups is 1. The van der Waals surface area contributed by atoms with Crippen LogP contribution in [0.1, 0.15) is 92.4 Å². The molecule has 0 aromatic rings. The molecule has 0 radical (unpaired) electrons. The molecule has 7 nitrogen and oxygen atoms in total. The number of nitrogens with zero attached hydrogens (tertiary/aromatic N) is 1. The van der Waals surface area contributed by atoms with Crippen molar-refractivity contribution in [2.45, 2.75) is 104 Å². The van der Waals surface area contributed by atoms with Gasteiger partial charge in [0, 0.05) is 17.8 Å². The Bertz CT molecular complexity index is 1060. The van der Waals surface area contributed by atoms with E-state index in [0.29, 0.717) is 42.4 Å². The lowest BCUT2D eigenvalue weighted by Crippen LogP contribution is -2.59. The maximum atomic E-state index is 12.2. The molecule has 1 N–H and O–H groups in total. The first-order chi connectivity index (χ1) is 17.9. The van der Waals surface area contributed by atoms with Gasteiger partial charge in [0.25, 0.3) is 0 Å². The van der Waals surface area contributed by atoms with Crippen LogP contribution in [0, 0.1) is 58.2 Å². The summed E-state index contributed by atoms with van der Waals surface area (Å²) < 4.78 is 43.1. The number of ether oxygens (including phenoxy) is 1. The fraction of sp³-hybridized carbons (Fsp3) is 0.967. The Balaban J connectivity index is 0.000000337. The molecule has 216 valence electrons. The first kappa shape index (κ1) is 27.5. The summed E-state index contributed by atoms with van der Waals surface area (Å²) in [4.78, 5) is 14.6. The van der Waals surface area contributed by atoms with Gasteiger partial charge in [0.05, 0.1) is 6.10 Å². The Hall–Kier alpha value is -0.700. The van der Waals surface area contributed by atoms with Crippen LogP contribution in [-0.4, -0.2) is 55.2 Å². The molecule has 0 bridgehead atoms. The summed E-state index contributed by atoms with van der Waals surface area (Å²) >= 11 is 0. The summed E-state index contributed by atoms with van der Waals surface area (Å²) in [6.07, 6.45) is 8.48. The highest BCUT2D eigenvalue weighted by molar-refractivity contribution is 7.80. The van der Waals surface area contributed by atoms with Gasteiger partial charge in [0.15, 0.2) is 0 Å². The minimum absolute atomic E-state index is 0.0202. The molecule has 12 atom stereocenters. The third kappa shape index (κ3) is 3.97. The first-order valence-electron chi connectivity index (χ1n) is 15.5. The summed E-state index contributed by atoms with van der Waals surface area (Å²) in [5, 5.41) is 0. The molecule has 1 saturated heterocycles. The number of rotatable bonds is 5. The van der Waals surface area contributed by atoms with Crippen LogP contribution >= 0.6 is 0 Å². The van der Waals surface area contributed by atoms with Crippen LogP contribution in [0.2, 0.25) is 0 Å². The van der Waals surface area contributed by atoms with Gasteiger partial charge < -0.3 is 9.64 Å². The summed E-state index contributed by atoms with van der Waals surface area (Å²) in [5.74, 6) is 5.36. The van der Waals surface area contributed by atoms with E-state index in [1.165, 1.54) is 38.9 Å². The summed E-state index contributed by atoms with van der Waals surface area (Å²) in [6, 6.07) is 0.